The van der Waals surface area contributed by atoms with E-state index in [4.69, 9.17) is 0 Å². The van der Waals surface area contributed by atoms with Gasteiger partial charge in [-0.1, -0.05) is 25.7 Å². The minimum absolute atomic E-state index is 0.0936. The summed E-state index contributed by atoms with van der Waals surface area (Å²) in [5.74, 6) is 1.24. The Morgan fingerprint density at radius 1 is 1.21 bits per heavy atom. The third-order valence-electron chi connectivity index (χ3n) is 5.27. The first kappa shape index (κ1) is 17.0. The molecule has 24 heavy (non-hydrogen) atoms. The monoisotopic (exact) mass is 332 g/mol. The molecule has 0 spiro atoms. The van der Waals surface area contributed by atoms with Gasteiger partial charge in [-0.15, -0.1) is 0 Å². The number of rotatable bonds is 6. The molecular weight excluding hydrogens is 304 g/mol. The second-order valence-electron chi connectivity index (χ2n) is 7.33. The van der Waals surface area contributed by atoms with Crippen molar-refractivity contribution in [1.29, 1.82) is 0 Å². The van der Waals surface area contributed by atoms with Crippen LogP contribution in [0.4, 0.5) is 5.82 Å². The van der Waals surface area contributed by atoms with Gasteiger partial charge in [0.05, 0.1) is 0 Å². The second kappa shape index (κ2) is 7.81. The van der Waals surface area contributed by atoms with Crippen LogP contribution < -0.4 is 10.6 Å². The summed E-state index contributed by atoms with van der Waals surface area (Å²) in [6, 6.07) is 1.78. The molecule has 1 heterocycles. The molecule has 0 bridgehead atoms. The minimum atomic E-state index is -0.161. The Bertz CT molecular complexity index is 571. The van der Waals surface area contributed by atoms with Crippen molar-refractivity contribution in [3.8, 4) is 0 Å². The van der Waals surface area contributed by atoms with E-state index < -0.39 is 0 Å². The molecule has 3 rings (SSSR count). The molecule has 1 atom stereocenters. The molecule has 1 aromatic heterocycles. The zero-order valence-electron chi connectivity index (χ0n) is 14.4. The fourth-order valence-corrected chi connectivity index (χ4v) is 3.92. The van der Waals surface area contributed by atoms with Crippen LogP contribution in [0.2, 0.25) is 0 Å². The Labute approximate surface area is 143 Å². The summed E-state index contributed by atoms with van der Waals surface area (Å²) in [6.07, 6.45) is 9.41. The molecule has 6 nitrogen and oxygen atoms in total. The Balaban J connectivity index is 1.43. The fourth-order valence-electron chi connectivity index (χ4n) is 3.92. The zero-order chi connectivity index (χ0) is 16.9. The van der Waals surface area contributed by atoms with Crippen molar-refractivity contribution in [2.75, 3.05) is 5.32 Å². The third-order valence-corrected chi connectivity index (χ3v) is 5.27. The summed E-state index contributed by atoms with van der Waals surface area (Å²) in [7, 11) is 0. The molecule has 0 radical (unpaired) electrons. The number of hydrogen-bond acceptors (Lipinski definition) is 3. The molecule has 2 aliphatic carbocycles. The highest BCUT2D eigenvalue weighted by molar-refractivity contribution is 5.90. The highest BCUT2D eigenvalue weighted by Crippen LogP contribution is 2.33. The van der Waals surface area contributed by atoms with Gasteiger partial charge in [-0.2, -0.15) is 5.10 Å². The molecule has 0 aliphatic heterocycles. The molecule has 0 aromatic carbocycles. The number of H-pyrrole nitrogens is 1. The van der Waals surface area contributed by atoms with Crippen LogP contribution in [-0.4, -0.2) is 28.1 Å². The first-order chi connectivity index (χ1) is 11.6. The van der Waals surface area contributed by atoms with Crippen LogP contribution in [0.25, 0.3) is 0 Å². The van der Waals surface area contributed by atoms with Crippen molar-refractivity contribution in [2.24, 2.45) is 5.92 Å². The summed E-state index contributed by atoms with van der Waals surface area (Å²) in [5, 5.41) is 13.0. The number of carbonyl (C=O) groups excluding carboxylic acids is 2. The van der Waals surface area contributed by atoms with Gasteiger partial charge in [-0.25, -0.2) is 0 Å². The Morgan fingerprint density at radius 2 is 1.88 bits per heavy atom. The summed E-state index contributed by atoms with van der Waals surface area (Å²) in [6.45, 7) is 1.88. The molecule has 0 unspecified atom stereocenters. The van der Waals surface area contributed by atoms with Gasteiger partial charge in [0.1, 0.15) is 0 Å². The number of anilines is 1. The lowest BCUT2D eigenvalue weighted by Crippen LogP contribution is -2.38. The molecule has 2 saturated carbocycles. The quantitative estimate of drug-likeness (QED) is 0.748. The van der Waals surface area contributed by atoms with Crippen LogP contribution in [0.5, 0.6) is 0 Å². The van der Waals surface area contributed by atoms with Crippen LogP contribution in [-0.2, 0) is 9.59 Å². The average molecular weight is 332 g/mol. The Kier molecular flexibility index (Phi) is 5.53. The highest BCUT2D eigenvalue weighted by atomic mass is 16.2. The number of nitrogens with zero attached hydrogens (tertiary/aromatic N) is 1. The third kappa shape index (κ3) is 4.36. The van der Waals surface area contributed by atoms with E-state index in [-0.39, 0.29) is 30.2 Å². The normalized spacial score (nSPS) is 20.2. The van der Waals surface area contributed by atoms with Crippen LogP contribution in [0.15, 0.2) is 6.07 Å². The van der Waals surface area contributed by atoms with Gasteiger partial charge in [-0.3, -0.25) is 14.7 Å². The molecule has 0 saturated heterocycles. The Hall–Kier alpha value is -1.85. The van der Waals surface area contributed by atoms with Gasteiger partial charge in [0.25, 0.3) is 0 Å². The van der Waals surface area contributed by atoms with E-state index in [0.29, 0.717) is 11.7 Å². The maximum atomic E-state index is 12.1. The predicted octanol–water partition coefficient (Wildman–Crippen LogP) is 3.09. The van der Waals surface area contributed by atoms with Crippen LogP contribution in [0.1, 0.15) is 76.3 Å². The zero-order valence-corrected chi connectivity index (χ0v) is 14.4. The molecule has 6 heteroatoms. The number of carbonyl (C=O) groups is 2. The molecule has 2 fully saturated rings. The van der Waals surface area contributed by atoms with Crippen LogP contribution in [0.3, 0.4) is 0 Å². The van der Waals surface area contributed by atoms with Gasteiger partial charge in [0, 0.05) is 36.1 Å². The van der Waals surface area contributed by atoms with E-state index in [2.05, 4.69) is 20.8 Å². The highest BCUT2D eigenvalue weighted by Gasteiger charge is 2.24. The van der Waals surface area contributed by atoms with Crippen molar-refractivity contribution in [3.05, 3.63) is 11.8 Å². The van der Waals surface area contributed by atoms with E-state index in [1.807, 2.05) is 13.0 Å². The van der Waals surface area contributed by atoms with Gasteiger partial charge in [0.2, 0.25) is 11.8 Å². The van der Waals surface area contributed by atoms with Crippen LogP contribution in [0, 0.1) is 5.92 Å². The topological polar surface area (TPSA) is 86.9 Å². The minimum Gasteiger partial charge on any atom is -0.353 e. The number of amides is 2. The molecule has 1 aromatic rings. The molecule has 3 N–H and O–H groups in total. The van der Waals surface area contributed by atoms with Crippen LogP contribution >= 0.6 is 0 Å². The smallest absolute Gasteiger partial charge is 0.227 e. The number of nitrogens with one attached hydrogen (secondary N) is 3. The van der Waals surface area contributed by atoms with Crippen molar-refractivity contribution in [1.82, 2.24) is 15.5 Å². The van der Waals surface area contributed by atoms with Crippen molar-refractivity contribution in [2.45, 2.75) is 76.7 Å². The van der Waals surface area contributed by atoms with E-state index in [0.717, 1.165) is 31.4 Å². The Morgan fingerprint density at radius 3 is 2.58 bits per heavy atom. The lowest BCUT2D eigenvalue weighted by Gasteiger charge is -2.16. The van der Waals surface area contributed by atoms with Gasteiger partial charge >= 0.3 is 0 Å². The van der Waals surface area contributed by atoms with Crippen molar-refractivity contribution >= 4 is 17.6 Å². The number of aromatic amines is 1. The predicted molar refractivity (Wildman–Crippen MR) is 92.6 cm³/mol. The van der Waals surface area contributed by atoms with Crippen molar-refractivity contribution in [3.63, 3.8) is 0 Å². The maximum Gasteiger partial charge on any atom is 0.227 e. The molecule has 2 aliphatic rings. The van der Waals surface area contributed by atoms with Gasteiger partial charge < -0.3 is 10.6 Å². The summed E-state index contributed by atoms with van der Waals surface area (Å²) < 4.78 is 0. The number of aromatic nitrogens is 2. The van der Waals surface area contributed by atoms with E-state index in [1.54, 1.807) is 0 Å². The van der Waals surface area contributed by atoms with Gasteiger partial charge in [-0.05, 0) is 32.6 Å². The molecule has 132 valence electrons. The SMILES string of the molecule is C[C@H](CC(=O)Nc1cc(C2CCCC2)[nH]n1)NC(=O)C1CCCC1. The van der Waals surface area contributed by atoms with E-state index in [9.17, 15) is 9.59 Å². The first-order valence-electron chi connectivity index (χ1n) is 9.27. The standard InChI is InChI=1S/C18H28N4O2/c1-12(19-18(24)14-8-4-5-9-14)10-17(23)20-16-11-15(21-22-16)13-6-2-3-7-13/h11-14H,2-10H2,1H3,(H,19,24)(H2,20,21,22,23)/t12-/m1/s1. The fraction of sp³-hybridized carbons (Fsp3) is 0.722. The van der Waals surface area contributed by atoms with Crippen molar-refractivity contribution < 1.29 is 9.59 Å². The summed E-state index contributed by atoms with van der Waals surface area (Å²) >= 11 is 0. The lowest BCUT2D eigenvalue weighted by atomic mass is 10.0. The molecule has 2 amide bonds. The summed E-state index contributed by atoms with van der Waals surface area (Å²) in [5.41, 5.74) is 1.12. The first-order valence-corrected chi connectivity index (χ1v) is 9.27. The summed E-state index contributed by atoms with van der Waals surface area (Å²) in [4.78, 5) is 24.2. The largest absolute Gasteiger partial charge is 0.353 e. The van der Waals surface area contributed by atoms with E-state index in [1.165, 1.54) is 25.7 Å². The maximum absolute atomic E-state index is 12.1. The van der Waals surface area contributed by atoms with E-state index >= 15 is 0 Å². The number of hydrogen-bond donors (Lipinski definition) is 3. The second-order valence-corrected chi connectivity index (χ2v) is 7.33. The lowest BCUT2D eigenvalue weighted by molar-refractivity contribution is -0.125. The molecular formula is C18H28N4O2. The average Bonchev–Trinajstić information content (AvgIpc) is 3.29. The van der Waals surface area contributed by atoms with Gasteiger partial charge in [0.15, 0.2) is 5.82 Å².